The molecule has 0 unspecified atom stereocenters. The van der Waals surface area contributed by atoms with Crippen LogP contribution in [0, 0.1) is 0 Å². The Balaban J connectivity index is 2.38. The van der Waals surface area contributed by atoms with Gasteiger partial charge in [-0.1, -0.05) is 35.3 Å². The number of benzene rings is 2. The van der Waals surface area contributed by atoms with Crippen LogP contribution in [0.25, 0.3) is 0 Å². The third kappa shape index (κ3) is 3.43. The molecule has 0 atom stereocenters. The summed E-state index contributed by atoms with van der Waals surface area (Å²) in [5.41, 5.74) is 6.47. The second-order valence-corrected chi connectivity index (χ2v) is 6.61. The molecule has 4 nitrogen and oxygen atoms in total. The van der Waals surface area contributed by atoms with Crippen LogP contribution in [0.4, 0.5) is 5.69 Å². The molecule has 2 rings (SSSR count). The minimum absolute atomic E-state index is 0.122. The van der Waals surface area contributed by atoms with Crippen LogP contribution >= 0.6 is 23.2 Å². The van der Waals surface area contributed by atoms with Gasteiger partial charge in [-0.2, -0.15) is 0 Å². The Labute approximate surface area is 127 Å². The van der Waals surface area contributed by atoms with Gasteiger partial charge < -0.3 is 5.73 Å². The van der Waals surface area contributed by atoms with Crippen LogP contribution in [0.3, 0.4) is 0 Å². The summed E-state index contributed by atoms with van der Waals surface area (Å²) in [5.74, 6) is 0. The van der Waals surface area contributed by atoms with Crippen LogP contribution in [-0.4, -0.2) is 8.42 Å². The molecule has 7 heteroatoms. The zero-order chi connectivity index (χ0) is 14.8. The van der Waals surface area contributed by atoms with Gasteiger partial charge in [0.2, 0.25) is 0 Å². The van der Waals surface area contributed by atoms with Gasteiger partial charge in [0.1, 0.15) is 0 Å². The molecule has 0 aromatic heterocycles. The van der Waals surface area contributed by atoms with E-state index >= 15 is 0 Å². The number of sulfonamides is 1. The fourth-order valence-corrected chi connectivity index (χ4v) is 3.15. The van der Waals surface area contributed by atoms with Gasteiger partial charge in [0.15, 0.2) is 0 Å². The lowest BCUT2D eigenvalue weighted by Gasteiger charge is -2.10. The van der Waals surface area contributed by atoms with E-state index in [0.717, 1.165) is 5.56 Å². The first-order chi connectivity index (χ1) is 9.42. The summed E-state index contributed by atoms with van der Waals surface area (Å²) in [6.07, 6.45) is 0. The number of anilines is 1. The molecular formula is C13H12Cl2N2O2S. The topological polar surface area (TPSA) is 72.2 Å². The monoisotopic (exact) mass is 330 g/mol. The fourth-order valence-electron chi connectivity index (χ4n) is 1.62. The maximum Gasteiger partial charge on any atom is 0.261 e. The Morgan fingerprint density at radius 1 is 1.10 bits per heavy atom. The summed E-state index contributed by atoms with van der Waals surface area (Å²) in [7, 11) is -3.73. The van der Waals surface area contributed by atoms with Gasteiger partial charge in [0, 0.05) is 11.6 Å². The molecule has 0 bridgehead atoms. The minimum Gasteiger partial charge on any atom is -0.326 e. The molecule has 0 heterocycles. The summed E-state index contributed by atoms with van der Waals surface area (Å²) in [6, 6.07) is 10.9. The van der Waals surface area contributed by atoms with Crippen molar-refractivity contribution in [2.24, 2.45) is 5.73 Å². The van der Waals surface area contributed by atoms with Crippen LogP contribution in [0.5, 0.6) is 0 Å². The molecule has 0 saturated carbocycles. The summed E-state index contributed by atoms with van der Waals surface area (Å²) in [4.78, 5) is 0.122. The lowest BCUT2D eigenvalue weighted by Crippen LogP contribution is -2.13. The molecule has 0 aliphatic heterocycles. The molecule has 20 heavy (non-hydrogen) atoms. The first kappa shape index (κ1) is 15.1. The Morgan fingerprint density at radius 3 is 2.55 bits per heavy atom. The molecule has 0 saturated heterocycles. The van der Waals surface area contributed by atoms with Crippen LogP contribution in [0.1, 0.15) is 5.56 Å². The standard InChI is InChI=1S/C13H12Cl2N2O2S/c14-10-4-5-12(15)13(7-10)17-20(18,19)11-3-1-2-9(6-11)8-16/h1-7,17H,8,16H2. The third-order valence-corrected chi connectivity index (χ3v) is 4.55. The number of nitrogens with one attached hydrogen (secondary N) is 1. The lowest BCUT2D eigenvalue weighted by atomic mass is 10.2. The second kappa shape index (κ2) is 6.01. The van der Waals surface area contributed by atoms with E-state index in [4.69, 9.17) is 28.9 Å². The van der Waals surface area contributed by atoms with E-state index in [1.165, 1.54) is 24.3 Å². The van der Waals surface area contributed by atoms with Gasteiger partial charge in [-0.05, 0) is 35.9 Å². The Kier molecular flexibility index (Phi) is 4.55. The van der Waals surface area contributed by atoms with Crippen molar-refractivity contribution in [1.29, 1.82) is 0 Å². The largest absolute Gasteiger partial charge is 0.326 e. The Hall–Kier alpha value is -1.27. The molecule has 106 valence electrons. The highest BCUT2D eigenvalue weighted by atomic mass is 35.5. The summed E-state index contributed by atoms with van der Waals surface area (Å²) >= 11 is 11.8. The van der Waals surface area contributed by atoms with Crippen molar-refractivity contribution in [2.45, 2.75) is 11.4 Å². The molecule has 0 radical (unpaired) electrons. The highest BCUT2D eigenvalue weighted by molar-refractivity contribution is 7.92. The summed E-state index contributed by atoms with van der Waals surface area (Å²) < 4.78 is 27.0. The van der Waals surface area contributed by atoms with Crippen LogP contribution in [-0.2, 0) is 16.6 Å². The first-order valence-electron chi connectivity index (χ1n) is 5.69. The van der Waals surface area contributed by atoms with Gasteiger partial charge >= 0.3 is 0 Å². The average molecular weight is 331 g/mol. The molecule has 3 N–H and O–H groups in total. The third-order valence-electron chi connectivity index (χ3n) is 2.62. The number of nitrogens with two attached hydrogens (primary N) is 1. The smallest absolute Gasteiger partial charge is 0.261 e. The van der Waals surface area contributed by atoms with E-state index in [1.807, 2.05) is 0 Å². The van der Waals surface area contributed by atoms with E-state index in [-0.39, 0.29) is 22.2 Å². The Bertz CT molecular complexity index is 733. The highest BCUT2D eigenvalue weighted by Gasteiger charge is 2.16. The Morgan fingerprint density at radius 2 is 1.85 bits per heavy atom. The second-order valence-electron chi connectivity index (χ2n) is 4.08. The van der Waals surface area contributed by atoms with Crippen molar-refractivity contribution in [3.8, 4) is 0 Å². The predicted molar refractivity (Wildman–Crippen MR) is 81.6 cm³/mol. The highest BCUT2D eigenvalue weighted by Crippen LogP contribution is 2.27. The number of halogens is 2. The zero-order valence-electron chi connectivity index (χ0n) is 10.3. The molecule has 0 amide bonds. The first-order valence-corrected chi connectivity index (χ1v) is 7.93. The van der Waals surface area contributed by atoms with Crippen molar-refractivity contribution in [1.82, 2.24) is 0 Å². The van der Waals surface area contributed by atoms with E-state index in [0.29, 0.717) is 5.02 Å². The summed E-state index contributed by atoms with van der Waals surface area (Å²) in [6.45, 7) is 0.265. The average Bonchev–Trinajstić information content (AvgIpc) is 2.43. The van der Waals surface area contributed by atoms with Gasteiger partial charge in [-0.25, -0.2) is 8.42 Å². The zero-order valence-corrected chi connectivity index (χ0v) is 12.6. The van der Waals surface area contributed by atoms with E-state index in [2.05, 4.69) is 4.72 Å². The molecule has 2 aromatic rings. The molecule has 2 aromatic carbocycles. The maximum absolute atomic E-state index is 12.3. The van der Waals surface area contributed by atoms with Crippen LogP contribution in [0.2, 0.25) is 10.0 Å². The van der Waals surface area contributed by atoms with E-state index in [9.17, 15) is 8.42 Å². The van der Waals surface area contributed by atoms with E-state index < -0.39 is 10.0 Å². The molecule has 0 aliphatic carbocycles. The lowest BCUT2D eigenvalue weighted by molar-refractivity contribution is 0.601. The number of hydrogen-bond donors (Lipinski definition) is 2. The fraction of sp³-hybridized carbons (Fsp3) is 0.0769. The number of rotatable bonds is 4. The minimum atomic E-state index is -3.73. The van der Waals surface area contributed by atoms with Crippen molar-refractivity contribution in [3.63, 3.8) is 0 Å². The quantitative estimate of drug-likeness (QED) is 0.903. The molecular weight excluding hydrogens is 319 g/mol. The molecule has 0 aliphatic rings. The van der Waals surface area contributed by atoms with Crippen molar-refractivity contribution in [2.75, 3.05) is 4.72 Å². The predicted octanol–water partition coefficient (Wildman–Crippen LogP) is 3.25. The summed E-state index contributed by atoms with van der Waals surface area (Å²) in [5, 5.41) is 0.663. The normalized spacial score (nSPS) is 11.3. The maximum atomic E-state index is 12.3. The number of hydrogen-bond acceptors (Lipinski definition) is 3. The van der Waals surface area contributed by atoms with Gasteiger partial charge in [-0.3, -0.25) is 4.72 Å². The van der Waals surface area contributed by atoms with Gasteiger partial charge in [0.25, 0.3) is 10.0 Å². The van der Waals surface area contributed by atoms with Crippen LogP contribution < -0.4 is 10.5 Å². The van der Waals surface area contributed by atoms with Crippen LogP contribution in [0.15, 0.2) is 47.4 Å². The molecule has 0 fully saturated rings. The van der Waals surface area contributed by atoms with Gasteiger partial charge in [-0.15, -0.1) is 0 Å². The molecule has 0 spiro atoms. The van der Waals surface area contributed by atoms with Crippen molar-refractivity contribution in [3.05, 3.63) is 58.1 Å². The van der Waals surface area contributed by atoms with Gasteiger partial charge in [0.05, 0.1) is 15.6 Å². The van der Waals surface area contributed by atoms with E-state index in [1.54, 1.807) is 18.2 Å². The SMILES string of the molecule is NCc1cccc(S(=O)(=O)Nc2cc(Cl)ccc2Cl)c1. The van der Waals surface area contributed by atoms with Crippen molar-refractivity contribution >= 4 is 38.9 Å². The van der Waals surface area contributed by atoms with Crippen molar-refractivity contribution < 1.29 is 8.42 Å².